The Kier molecular flexibility index (Phi) is 8.71. The number of nitrogens with zero attached hydrogens (tertiary/aromatic N) is 4. The minimum atomic E-state index is 0.178. The fourth-order valence-electron chi connectivity index (χ4n) is 5.34. The van der Waals surface area contributed by atoms with Crippen molar-refractivity contribution in [3.63, 3.8) is 0 Å². The molecule has 2 aromatic carbocycles. The van der Waals surface area contributed by atoms with Crippen LogP contribution in [-0.4, -0.2) is 86.1 Å². The lowest BCUT2D eigenvalue weighted by Crippen LogP contribution is -2.44. The maximum atomic E-state index is 6.30. The van der Waals surface area contributed by atoms with E-state index in [1.165, 1.54) is 0 Å². The van der Waals surface area contributed by atoms with Gasteiger partial charge in [-0.25, -0.2) is 9.97 Å². The van der Waals surface area contributed by atoms with E-state index in [4.69, 9.17) is 18.9 Å². The van der Waals surface area contributed by atoms with Gasteiger partial charge in [-0.1, -0.05) is 0 Å². The molecule has 10 nitrogen and oxygen atoms in total. The summed E-state index contributed by atoms with van der Waals surface area (Å²) in [5.41, 5.74) is 2.69. The molecule has 40 heavy (non-hydrogen) atoms. The van der Waals surface area contributed by atoms with Gasteiger partial charge in [-0.2, -0.15) is 0 Å². The van der Waals surface area contributed by atoms with Crippen LogP contribution in [0, 0.1) is 0 Å². The van der Waals surface area contributed by atoms with Crippen molar-refractivity contribution in [3.8, 4) is 23.0 Å². The molecule has 0 saturated carbocycles. The number of hydrogen-bond acceptors (Lipinski definition) is 10. The molecule has 3 aliphatic heterocycles. The predicted octanol–water partition coefficient (Wildman–Crippen LogP) is 4.53. The SMILES string of the molecule is CN1CCN(CCCOc2cc3ncnc4c3cc2OCCCCCNCc2cc(Br)c3c(c2N4)OCO3)CC1. The highest BCUT2D eigenvalue weighted by Crippen LogP contribution is 2.48. The normalized spacial score (nSPS) is 18.4. The van der Waals surface area contributed by atoms with Gasteiger partial charge < -0.3 is 39.4 Å². The lowest BCUT2D eigenvalue weighted by molar-refractivity contribution is 0.145. The molecule has 0 amide bonds. The summed E-state index contributed by atoms with van der Waals surface area (Å²) in [6, 6.07) is 6.05. The predicted molar refractivity (Wildman–Crippen MR) is 158 cm³/mol. The molecule has 0 radical (unpaired) electrons. The van der Waals surface area contributed by atoms with Crippen LogP contribution in [0.4, 0.5) is 11.5 Å². The topological polar surface area (TPSA) is 93.2 Å². The van der Waals surface area contributed by atoms with E-state index in [2.05, 4.69) is 59.4 Å². The second-order valence-corrected chi connectivity index (χ2v) is 11.4. The molecule has 1 saturated heterocycles. The summed E-state index contributed by atoms with van der Waals surface area (Å²) in [4.78, 5) is 14.1. The molecule has 2 bridgehead atoms. The first-order chi connectivity index (χ1) is 19.7. The van der Waals surface area contributed by atoms with Gasteiger partial charge in [0.15, 0.2) is 23.0 Å². The second kappa shape index (κ2) is 12.8. The summed E-state index contributed by atoms with van der Waals surface area (Å²) in [5, 5.41) is 7.96. The van der Waals surface area contributed by atoms with Crippen LogP contribution in [0.3, 0.4) is 0 Å². The van der Waals surface area contributed by atoms with Crippen LogP contribution in [0.5, 0.6) is 23.0 Å². The van der Waals surface area contributed by atoms with Gasteiger partial charge >= 0.3 is 0 Å². The first-order valence-corrected chi connectivity index (χ1v) is 15.0. The Morgan fingerprint density at radius 3 is 2.77 bits per heavy atom. The third kappa shape index (κ3) is 6.22. The summed E-state index contributed by atoms with van der Waals surface area (Å²) in [6.45, 7) is 8.55. The molecule has 2 N–H and O–H groups in total. The Bertz CT molecular complexity index is 1330. The van der Waals surface area contributed by atoms with E-state index in [-0.39, 0.29) is 6.79 Å². The second-order valence-electron chi connectivity index (χ2n) is 10.6. The minimum absolute atomic E-state index is 0.178. The van der Waals surface area contributed by atoms with Crippen molar-refractivity contribution in [1.82, 2.24) is 25.1 Å². The molecule has 11 heteroatoms. The number of ether oxygens (including phenoxy) is 4. The quantitative estimate of drug-likeness (QED) is 0.400. The Morgan fingerprint density at radius 2 is 1.88 bits per heavy atom. The van der Waals surface area contributed by atoms with E-state index in [0.717, 1.165) is 103 Å². The van der Waals surface area contributed by atoms with E-state index < -0.39 is 0 Å². The maximum Gasteiger partial charge on any atom is 0.231 e. The van der Waals surface area contributed by atoms with Crippen LogP contribution in [0.25, 0.3) is 10.9 Å². The monoisotopic (exact) mass is 612 g/mol. The lowest BCUT2D eigenvalue weighted by Gasteiger charge is -2.32. The fraction of sp³-hybridized carbons (Fsp3) is 0.517. The van der Waals surface area contributed by atoms with Gasteiger partial charge in [-0.15, -0.1) is 0 Å². The standard InChI is InChI=1S/C29H37BrN6O4/c1-35-8-10-36(11-9-35)7-5-13-38-25-16-23-21-15-24(25)37-12-4-2-3-6-31-17-20-14-22(30)27-28(40-19-39-27)26(20)34-29(21)33-18-32-23/h14-16,18,31H,2-13,17,19H2,1H3,(H,32,33,34). The largest absolute Gasteiger partial charge is 0.490 e. The molecule has 214 valence electrons. The van der Waals surface area contributed by atoms with Gasteiger partial charge in [0.2, 0.25) is 6.79 Å². The van der Waals surface area contributed by atoms with Crippen molar-refractivity contribution < 1.29 is 18.9 Å². The summed E-state index contributed by atoms with van der Waals surface area (Å²) in [5.74, 6) is 3.49. The minimum Gasteiger partial charge on any atom is -0.490 e. The fourth-order valence-corrected chi connectivity index (χ4v) is 5.91. The molecule has 0 unspecified atom stereocenters. The third-order valence-electron chi connectivity index (χ3n) is 7.67. The van der Waals surface area contributed by atoms with Crippen LogP contribution < -0.4 is 29.6 Å². The van der Waals surface area contributed by atoms with Crippen LogP contribution in [-0.2, 0) is 6.54 Å². The molecular formula is C29H37BrN6O4. The average Bonchev–Trinajstić information content (AvgIpc) is 3.46. The number of fused-ring (bicyclic) bond motifs is 4. The number of aromatic nitrogens is 2. The van der Waals surface area contributed by atoms with Gasteiger partial charge in [0.05, 0.1) is 28.9 Å². The van der Waals surface area contributed by atoms with E-state index in [9.17, 15) is 0 Å². The Morgan fingerprint density at radius 1 is 1.00 bits per heavy atom. The summed E-state index contributed by atoms with van der Waals surface area (Å²) < 4.78 is 25.1. The Balaban J connectivity index is 1.28. The zero-order valence-electron chi connectivity index (χ0n) is 23.0. The molecule has 3 aromatic rings. The number of rotatable bonds is 5. The van der Waals surface area contributed by atoms with Gasteiger partial charge in [0, 0.05) is 50.7 Å². The molecule has 0 spiro atoms. The van der Waals surface area contributed by atoms with Crippen molar-refractivity contribution in [2.75, 3.05) is 71.6 Å². The zero-order chi connectivity index (χ0) is 27.3. The Labute approximate surface area is 243 Å². The van der Waals surface area contributed by atoms with Crippen LogP contribution in [0.2, 0.25) is 0 Å². The first kappa shape index (κ1) is 27.3. The lowest BCUT2D eigenvalue weighted by atomic mass is 10.1. The molecular weight excluding hydrogens is 576 g/mol. The molecule has 1 aromatic heterocycles. The van der Waals surface area contributed by atoms with E-state index in [1.807, 2.05) is 12.1 Å². The summed E-state index contributed by atoms with van der Waals surface area (Å²) in [7, 11) is 2.18. The van der Waals surface area contributed by atoms with Gasteiger partial charge in [0.25, 0.3) is 0 Å². The average molecular weight is 614 g/mol. The third-order valence-corrected chi connectivity index (χ3v) is 8.26. The van der Waals surface area contributed by atoms with Crippen LogP contribution in [0.1, 0.15) is 31.2 Å². The number of benzene rings is 2. The first-order valence-electron chi connectivity index (χ1n) is 14.2. The molecule has 3 aliphatic rings. The highest BCUT2D eigenvalue weighted by Gasteiger charge is 2.26. The number of piperazine rings is 1. The van der Waals surface area contributed by atoms with Crippen LogP contribution in [0.15, 0.2) is 29.0 Å². The maximum absolute atomic E-state index is 6.30. The van der Waals surface area contributed by atoms with Gasteiger partial charge in [-0.3, -0.25) is 0 Å². The van der Waals surface area contributed by atoms with E-state index in [0.29, 0.717) is 37.1 Å². The van der Waals surface area contributed by atoms with Crippen LogP contribution >= 0.6 is 15.9 Å². The van der Waals surface area contributed by atoms with Crippen molar-refractivity contribution in [2.45, 2.75) is 32.2 Å². The van der Waals surface area contributed by atoms with Gasteiger partial charge in [-0.05, 0) is 72.9 Å². The van der Waals surface area contributed by atoms with E-state index >= 15 is 0 Å². The molecule has 1 fully saturated rings. The molecule has 4 heterocycles. The summed E-state index contributed by atoms with van der Waals surface area (Å²) >= 11 is 3.65. The van der Waals surface area contributed by atoms with Gasteiger partial charge in [0.1, 0.15) is 12.1 Å². The van der Waals surface area contributed by atoms with E-state index in [1.54, 1.807) is 6.33 Å². The summed E-state index contributed by atoms with van der Waals surface area (Å²) in [6.07, 6.45) is 5.65. The molecule has 0 atom stereocenters. The number of halogens is 1. The molecule has 0 aliphatic carbocycles. The molecule has 6 rings (SSSR count). The van der Waals surface area contributed by atoms with Crippen molar-refractivity contribution >= 4 is 38.3 Å². The van der Waals surface area contributed by atoms with Crippen molar-refractivity contribution in [3.05, 3.63) is 34.6 Å². The van der Waals surface area contributed by atoms with Crippen molar-refractivity contribution in [2.24, 2.45) is 0 Å². The van der Waals surface area contributed by atoms with Crippen molar-refractivity contribution in [1.29, 1.82) is 0 Å². The zero-order valence-corrected chi connectivity index (χ0v) is 24.6. The number of likely N-dealkylation sites (N-methyl/N-ethyl adjacent to an activating group) is 1. The smallest absolute Gasteiger partial charge is 0.231 e. The highest BCUT2D eigenvalue weighted by molar-refractivity contribution is 9.10. The number of anilines is 2. The highest BCUT2D eigenvalue weighted by atomic mass is 79.9. The number of hydrogen-bond donors (Lipinski definition) is 2. The Hall–Kier alpha value is -2.86. The number of nitrogens with one attached hydrogen (secondary N) is 2.